The molecule has 1 aliphatic heterocycles. The lowest BCUT2D eigenvalue weighted by Crippen LogP contribution is -2.51. The van der Waals surface area contributed by atoms with Crippen molar-refractivity contribution >= 4 is 39.1 Å². The molecule has 2 amide bonds. The van der Waals surface area contributed by atoms with E-state index in [4.69, 9.17) is 11.6 Å². The minimum Gasteiger partial charge on any atom is -0.346 e. The maximum Gasteiger partial charge on any atom is 0.243 e. The second-order valence-electron chi connectivity index (χ2n) is 7.33. The van der Waals surface area contributed by atoms with E-state index in [9.17, 15) is 18.0 Å². The Balaban J connectivity index is 1.42. The highest BCUT2D eigenvalue weighted by atomic mass is 35.5. The van der Waals surface area contributed by atoms with Crippen LogP contribution >= 0.6 is 11.6 Å². The third-order valence-electron chi connectivity index (χ3n) is 4.93. The number of anilines is 1. The molecular weight excluding hydrogens is 440 g/mol. The summed E-state index contributed by atoms with van der Waals surface area (Å²) in [7, 11) is -3.54. The summed E-state index contributed by atoms with van der Waals surface area (Å²) >= 11 is 5.80. The predicted molar refractivity (Wildman–Crippen MR) is 119 cm³/mol. The number of sulfonamides is 1. The number of aryl methyl sites for hydroxylation is 1. The van der Waals surface area contributed by atoms with Gasteiger partial charge in [-0.25, -0.2) is 8.42 Å². The van der Waals surface area contributed by atoms with Crippen molar-refractivity contribution in [1.29, 1.82) is 0 Å². The second kappa shape index (κ2) is 10.2. The van der Waals surface area contributed by atoms with Gasteiger partial charge in [0.15, 0.2) is 0 Å². The van der Waals surface area contributed by atoms with Crippen LogP contribution in [0.15, 0.2) is 53.4 Å². The summed E-state index contributed by atoms with van der Waals surface area (Å²) in [6.07, 6.45) is 0. The average Bonchev–Trinajstić information content (AvgIpc) is 2.75. The number of hydrogen-bond donors (Lipinski definition) is 2. The van der Waals surface area contributed by atoms with Crippen LogP contribution in [-0.4, -0.2) is 68.7 Å². The lowest BCUT2D eigenvalue weighted by atomic mass is 10.2. The normalized spacial score (nSPS) is 15.4. The molecule has 0 radical (unpaired) electrons. The molecule has 0 unspecified atom stereocenters. The molecule has 0 saturated carbocycles. The van der Waals surface area contributed by atoms with Gasteiger partial charge in [0.05, 0.1) is 18.0 Å². The molecule has 166 valence electrons. The van der Waals surface area contributed by atoms with Crippen molar-refractivity contribution in [2.24, 2.45) is 0 Å². The molecule has 1 heterocycles. The van der Waals surface area contributed by atoms with Crippen LogP contribution in [0.1, 0.15) is 5.56 Å². The minimum absolute atomic E-state index is 0.104. The van der Waals surface area contributed by atoms with Gasteiger partial charge < -0.3 is 10.6 Å². The highest BCUT2D eigenvalue weighted by Crippen LogP contribution is 2.18. The molecule has 1 fully saturated rings. The molecule has 0 aliphatic carbocycles. The number of carbonyl (C=O) groups is 2. The first-order valence-electron chi connectivity index (χ1n) is 9.85. The molecular formula is C21H25ClN4O4S. The molecule has 3 rings (SSSR count). The molecule has 0 bridgehead atoms. The monoisotopic (exact) mass is 464 g/mol. The summed E-state index contributed by atoms with van der Waals surface area (Å²) in [6, 6.07) is 13.4. The van der Waals surface area contributed by atoms with Crippen LogP contribution in [0, 0.1) is 6.92 Å². The van der Waals surface area contributed by atoms with E-state index in [1.54, 1.807) is 48.5 Å². The van der Waals surface area contributed by atoms with E-state index < -0.39 is 10.0 Å². The lowest BCUT2D eigenvalue weighted by Gasteiger charge is -2.33. The largest absolute Gasteiger partial charge is 0.346 e. The number of carbonyl (C=O) groups excluding carboxylic acids is 2. The summed E-state index contributed by atoms with van der Waals surface area (Å²) in [4.78, 5) is 26.3. The Hall–Kier alpha value is -2.46. The molecule has 0 atom stereocenters. The topological polar surface area (TPSA) is 98.8 Å². The zero-order chi connectivity index (χ0) is 22.4. The third kappa shape index (κ3) is 6.51. The first kappa shape index (κ1) is 23.2. The molecule has 1 saturated heterocycles. The van der Waals surface area contributed by atoms with Crippen molar-refractivity contribution in [2.75, 3.05) is 44.6 Å². The molecule has 2 aromatic rings. The molecule has 2 N–H and O–H groups in total. The van der Waals surface area contributed by atoms with Gasteiger partial charge in [-0.05, 0) is 43.3 Å². The Morgan fingerprint density at radius 3 is 2.16 bits per heavy atom. The van der Waals surface area contributed by atoms with E-state index in [0.29, 0.717) is 36.9 Å². The molecule has 8 nitrogen and oxygen atoms in total. The van der Waals surface area contributed by atoms with Gasteiger partial charge >= 0.3 is 0 Å². The summed E-state index contributed by atoms with van der Waals surface area (Å²) < 4.78 is 26.9. The Bertz CT molecular complexity index is 1020. The fourth-order valence-corrected chi connectivity index (χ4v) is 4.71. The molecule has 1 aliphatic rings. The van der Waals surface area contributed by atoms with Crippen LogP contribution in [-0.2, 0) is 19.6 Å². The maximum absolute atomic E-state index is 12.7. The van der Waals surface area contributed by atoms with Gasteiger partial charge in [0, 0.05) is 36.9 Å². The quantitative estimate of drug-likeness (QED) is 0.650. The maximum atomic E-state index is 12.7. The van der Waals surface area contributed by atoms with Crippen molar-refractivity contribution in [1.82, 2.24) is 14.5 Å². The van der Waals surface area contributed by atoms with Gasteiger partial charge in [-0.1, -0.05) is 29.3 Å². The number of hydrogen-bond acceptors (Lipinski definition) is 5. The highest BCUT2D eigenvalue weighted by molar-refractivity contribution is 7.89. The van der Waals surface area contributed by atoms with E-state index >= 15 is 0 Å². The van der Waals surface area contributed by atoms with E-state index in [1.807, 2.05) is 11.8 Å². The summed E-state index contributed by atoms with van der Waals surface area (Å²) in [5, 5.41) is 5.82. The van der Waals surface area contributed by atoms with Crippen molar-refractivity contribution in [2.45, 2.75) is 11.8 Å². The number of piperazine rings is 1. The molecule has 2 aromatic carbocycles. The van der Waals surface area contributed by atoms with Gasteiger partial charge in [0.25, 0.3) is 0 Å². The van der Waals surface area contributed by atoms with Crippen LogP contribution in [0.2, 0.25) is 5.02 Å². The predicted octanol–water partition coefficient (Wildman–Crippen LogP) is 1.71. The van der Waals surface area contributed by atoms with E-state index in [2.05, 4.69) is 10.6 Å². The first-order chi connectivity index (χ1) is 14.7. The fraction of sp³-hybridized carbons (Fsp3) is 0.333. The van der Waals surface area contributed by atoms with Crippen molar-refractivity contribution < 1.29 is 18.0 Å². The number of amides is 2. The second-order valence-corrected chi connectivity index (χ2v) is 9.70. The Morgan fingerprint density at radius 2 is 1.55 bits per heavy atom. The van der Waals surface area contributed by atoms with Crippen LogP contribution < -0.4 is 10.6 Å². The summed E-state index contributed by atoms with van der Waals surface area (Å²) in [5.74, 6) is -0.634. The fourth-order valence-electron chi connectivity index (χ4n) is 3.16. The minimum atomic E-state index is -3.54. The number of halogens is 1. The molecule has 0 spiro atoms. The molecule has 0 aromatic heterocycles. The zero-order valence-corrected chi connectivity index (χ0v) is 18.7. The van der Waals surface area contributed by atoms with Gasteiger partial charge in [-0.3, -0.25) is 14.5 Å². The molecule has 10 heteroatoms. The van der Waals surface area contributed by atoms with E-state index in [1.165, 1.54) is 4.31 Å². The van der Waals surface area contributed by atoms with Gasteiger partial charge in [-0.15, -0.1) is 0 Å². The van der Waals surface area contributed by atoms with Crippen LogP contribution in [0.3, 0.4) is 0 Å². The number of benzene rings is 2. The first-order valence-corrected chi connectivity index (χ1v) is 11.7. The highest BCUT2D eigenvalue weighted by Gasteiger charge is 2.29. The Labute approximate surface area is 187 Å². The van der Waals surface area contributed by atoms with Gasteiger partial charge in [0.1, 0.15) is 0 Å². The lowest BCUT2D eigenvalue weighted by molar-refractivity contribution is -0.125. The van der Waals surface area contributed by atoms with Crippen molar-refractivity contribution in [3.05, 3.63) is 59.1 Å². The number of nitrogens with one attached hydrogen (secondary N) is 2. The number of nitrogens with zero attached hydrogens (tertiary/aromatic N) is 2. The SMILES string of the molecule is Cc1ccc(S(=O)(=O)N2CCN(CC(=O)NCC(=O)Nc3ccc(Cl)cc3)CC2)cc1. The number of rotatable bonds is 7. The Morgan fingerprint density at radius 1 is 0.935 bits per heavy atom. The van der Waals surface area contributed by atoms with E-state index in [-0.39, 0.29) is 29.8 Å². The van der Waals surface area contributed by atoms with Gasteiger partial charge in [-0.2, -0.15) is 4.31 Å². The summed E-state index contributed by atoms with van der Waals surface area (Å²) in [6.45, 7) is 3.35. The van der Waals surface area contributed by atoms with Gasteiger partial charge in [0.2, 0.25) is 21.8 Å². The third-order valence-corrected chi connectivity index (χ3v) is 7.10. The summed E-state index contributed by atoms with van der Waals surface area (Å²) in [5.41, 5.74) is 1.59. The average molecular weight is 465 g/mol. The van der Waals surface area contributed by atoms with E-state index in [0.717, 1.165) is 5.56 Å². The smallest absolute Gasteiger partial charge is 0.243 e. The van der Waals surface area contributed by atoms with Crippen LogP contribution in [0.5, 0.6) is 0 Å². The van der Waals surface area contributed by atoms with Crippen molar-refractivity contribution in [3.8, 4) is 0 Å². The standard InChI is InChI=1S/C21H25ClN4O4S/c1-16-2-8-19(9-3-16)31(29,30)26-12-10-25(11-13-26)15-21(28)23-14-20(27)24-18-6-4-17(22)5-7-18/h2-9H,10-15H2,1H3,(H,23,28)(H,24,27). The molecule has 31 heavy (non-hydrogen) atoms. The zero-order valence-electron chi connectivity index (χ0n) is 17.2. The van der Waals surface area contributed by atoms with Crippen LogP contribution in [0.25, 0.3) is 0 Å². The Kier molecular flexibility index (Phi) is 7.66. The van der Waals surface area contributed by atoms with Crippen molar-refractivity contribution in [3.63, 3.8) is 0 Å². The van der Waals surface area contributed by atoms with Crippen LogP contribution in [0.4, 0.5) is 5.69 Å².